The lowest BCUT2D eigenvalue weighted by molar-refractivity contribution is -0.116. The summed E-state index contributed by atoms with van der Waals surface area (Å²) in [5.74, 6) is 0.730. The molecule has 5 nitrogen and oxygen atoms in total. The van der Waals surface area contributed by atoms with Gasteiger partial charge in [0.15, 0.2) is 0 Å². The monoisotopic (exact) mass is 323 g/mol. The van der Waals surface area contributed by atoms with E-state index in [0.717, 1.165) is 16.7 Å². The standard InChI is InChI=1S/C19H17NO4/c1-23-16-7-2-13(3-8-16)4-10-18(21)20-15-6-9-17-14(12-15)5-11-19(22)24-17/h2-3,5-9,11-12H,4,10H2,1H3,(H,20,21). The molecule has 1 heterocycles. The third-order valence-electron chi connectivity index (χ3n) is 3.70. The molecule has 1 amide bonds. The lowest BCUT2D eigenvalue weighted by atomic mass is 10.1. The Labute approximate surface area is 138 Å². The molecule has 2 aromatic carbocycles. The van der Waals surface area contributed by atoms with Crippen LogP contribution in [0.25, 0.3) is 11.0 Å². The van der Waals surface area contributed by atoms with Gasteiger partial charge in [0.1, 0.15) is 11.3 Å². The van der Waals surface area contributed by atoms with E-state index in [4.69, 9.17) is 9.15 Å². The Kier molecular flexibility index (Phi) is 4.61. The highest BCUT2D eigenvalue weighted by Crippen LogP contribution is 2.18. The van der Waals surface area contributed by atoms with Crippen molar-refractivity contribution >= 4 is 22.6 Å². The summed E-state index contributed by atoms with van der Waals surface area (Å²) >= 11 is 0. The molecule has 3 rings (SSSR count). The topological polar surface area (TPSA) is 68.5 Å². The molecule has 0 atom stereocenters. The van der Waals surface area contributed by atoms with E-state index in [1.807, 2.05) is 24.3 Å². The number of anilines is 1. The number of methoxy groups -OCH3 is 1. The minimum absolute atomic E-state index is 0.0671. The maximum atomic E-state index is 12.1. The first-order valence-electron chi connectivity index (χ1n) is 7.61. The smallest absolute Gasteiger partial charge is 0.336 e. The molecule has 1 N–H and O–H groups in total. The van der Waals surface area contributed by atoms with Gasteiger partial charge in [0.2, 0.25) is 5.91 Å². The van der Waals surface area contributed by atoms with E-state index in [1.54, 1.807) is 31.4 Å². The normalized spacial score (nSPS) is 10.5. The Bertz CT molecular complexity index is 913. The van der Waals surface area contributed by atoms with Crippen molar-refractivity contribution < 1.29 is 13.9 Å². The van der Waals surface area contributed by atoms with Gasteiger partial charge in [-0.3, -0.25) is 4.79 Å². The van der Waals surface area contributed by atoms with Crippen molar-refractivity contribution in [3.05, 3.63) is 70.6 Å². The molecular weight excluding hydrogens is 306 g/mol. The van der Waals surface area contributed by atoms with Crippen molar-refractivity contribution in [2.24, 2.45) is 0 Å². The quantitative estimate of drug-likeness (QED) is 0.731. The summed E-state index contributed by atoms with van der Waals surface area (Å²) in [5.41, 5.74) is 1.86. The van der Waals surface area contributed by atoms with Crippen LogP contribution in [0.4, 0.5) is 5.69 Å². The lowest BCUT2D eigenvalue weighted by Gasteiger charge is -2.07. The summed E-state index contributed by atoms with van der Waals surface area (Å²) in [4.78, 5) is 23.3. The zero-order valence-corrected chi connectivity index (χ0v) is 13.2. The molecule has 0 bridgehead atoms. The van der Waals surface area contributed by atoms with E-state index < -0.39 is 5.63 Å². The highest BCUT2D eigenvalue weighted by molar-refractivity contribution is 5.93. The van der Waals surface area contributed by atoms with Crippen molar-refractivity contribution in [3.8, 4) is 5.75 Å². The largest absolute Gasteiger partial charge is 0.497 e. The summed E-state index contributed by atoms with van der Waals surface area (Å²) < 4.78 is 10.2. The van der Waals surface area contributed by atoms with Crippen LogP contribution in [-0.4, -0.2) is 13.0 Å². The molecule has 0 aliphatic carbocycles. The number of aryl methyl sites for hydroxylation is 1. The molecule has 0 saturated heterocycles. The summed E-state index contributed by atoms with van der Waals surface area (Å²) in [5, 5.41) is 3.62. The Morgan fingerprint density at radius 2 is 1.88 bits per heavy atom. The number of fused-ring (bicyclic) bond motifs is 1. The maximum Gasteiger partial charge on any atom is 0.336 e. The van der Waals surface area contributed by atoms with Gasteiger partial charge in [-0.25, -0.2) is 4.79 Å². The van der Waals surface area contributed by atoms with Crippen LogP contribution >= 0.6 is 0 Å². The molecule has 0 spiro atoms. The fraction of sp³-hybridized carbons (Fsp3) is 0.158. The molecule has 0 aliphatic rings. The van der Waals surface area contributed by atoms with Gasteiger partial charge in [-0.15, -0.1) is 0 Å². The second-order valence-electron chi connectivity index (χ2n) is 5.40. The van der Waals surface area contributed by atoms with Gasteiger partial charge in [-0.2, -0.15) is 0 Å². The van der Waals surface area contributed by atoms with Crippen LogP contribution < -0.4 is 15.7 Å². The predicted octanol–water partition coefficient (Wildman–Crippen LogP) is 3.37. The second kappa shape index (κ2) is 7.00. The Hall–Kier alpha value is -3.08. The first-order chi connectivity index (χ1) is 11.6. The molecule has 122 valence electrons. The molecule has 24 heavy (non-hydrogen) atoms. The zero-order chi connectivity index (χ0) is 16.9. The van der Waals surface area contributed by atoms with E-state index in [1.165, 1.54) is 6.07 Å². The van der Waals surface area contributed by atoms with Crippen molar-refractivity contribution in [2.75, 3.05) is 12.4 Å². The maximum absolute atomic E-state index is 12.1. The van der Waals surface area contributed by atoms with Gasteiger partial charge in [0.05, 0.1) is 7.11 Å². The first kappa shape index (κ1) is 15.8. The van der Waals surface area contributed by atoms with E-state index >= 15 is 0 Å². The Balaban J connectivity index is 1.61. The minimum atomic E-state index is -0.390. The van der Waals surface area contributed by atoms with Gasteiger partial charge < -0.3 is 14.5 Å². The summed E-state index contributed by atoms with van der Waals surface area (Å²) in [6.45, 7) is 0. The fourth-order valence-corrected chi connectivity index (χ4v) is 2.42. The van der Waals surface area contributed by atoms with Crippen LogP contribution in [0.2, 0.25) is 0 Å². The lowest BCUT2D eigenvalue weighted by Crippen LogP contribution is -2.12. The molecular formula is C19H17NO4. The van der Waals surface area contributed by atoms with Crippen LogP contribution in [0.1, 0.15) is 12.0 Å². The van der Waals surface area contributed by atoms with Crippen molar-refractivity contribution in [1.29, 1.82) is 0 Å². The predicted molar refractivity (Wildman–Crippen MR) is 92.4 cm³/mol. The number of benzene rings is 2. The Morgan fingerprint density at radius 3 is 2.62 bits per heavy atom. The number of carbonyl (C=O) groups excluding carboxylic acids is 1. The number of rotatable bonds is 5. The second-order valence-corrected chi connectivity index (χ2v) is 5.40. The number of nitrogens with one attached hydrogen (secondary N) is 1. The minimum Gasteiger partial charge on any atom is -0.497 e. The molecule has 1 aromatic heterocycles. The number of hydrogen-bond donors (Lipinski definition) is 1. The summed E-state index contributed by atoms with van der Waals surface area (Å²) in [7, 11) is 1.62. The van der Waals surface area contributed by atoms with E-state index in [-0.39, 0.29) is 5.91 Å². The van der Waals surface area contributed by atoms with Crippen LogP contribution in [0.5, 0.6) is 5.75 Å². The Morgan fingerprint density at radius 1 is 1.08 bits per heavy atom. The van der Waals surface area contributed by atoms with Gasteiger partial charge in [0, 0.05) is 23.6 Å². The van der Waals surface area contributed by atoms with Gasteiger partial charge >= 0.3 is 5.63 Å². The molecule has 5 heteroatoms. The van der Waals surface area contributed by atoms with E-state index in [2.05, 4.69) is 5.32 Å². The average molecular weight is 323 g/mol. The van der Waals surface area contributed by atoms with E-state index in [0.29, 0.717) is 24.1 Å². The van der Waals surface area contributed by atoms with Crippen molar-refractivity contribution in [3.63, 3.8) is 0 Å². The summed E-state index contributed by atoms with van der Waals surface area (Å²) in [6, 6.07) is 15.9. The molecule has 0 aliphatic heterocycles. The van der Waals surface area contributed by atoms with E-state index in [9.17, 15) is 9.59 Å². The fourth-order valence-electron chi connectivity index (χ4n) is 2.42. The SMILES string of the molecule is COc1ccc(CCC(=O)Nc2ccc3oc(=O)ccc3c2)cc1. The first-order valence-corrected chi connectivity index (χ1v) is 7.61. The molecule has 0 fully saturated rings. The molecule has 0 unspecified atom stereocenters. The third kappa shape index (κ3) is 3.81. The summed E-state index contributed by atoms with van der Waals surface area (Å²) in [6.07, 6.45) is 1.03. The van der Waals surface area contributed by atoms with Crippen LogP contribution in [0, 0.1) is 0 Å². The third-order valence-corrected chi connectivity index (χ3v) is 3.70. The highest BCUT2D eigenvalue weighted by Gasteiger charge is 2.05. The number of ether oxygens (including phenoxy) is 1. The average Bonchev–Trinajstić information content (AvgIpc) is 2.60. The van der Waals surface area contributed by atoms with Crippen LogP contribution in [0.3, 0.4) is 0 Å². The zero-order valence-electron chi connectivity index (χ0n) is 13.2. The highest BCUT2D eigenvalue weighted by atomic mass is 16.5. The number of carbonyl (C=O) groups is 1. The number of hydrogen-bond acceptors (Lipinski definition) is 4. The molecule has 0 saturated carbocycles. The van der Waals surface area contributed by atoms with Gasteiger partial charge in [0.25, 0.3) is 0 Å². The van der Waals surface area contributed by atoms with Crippen LogP contribution in [0.15, 0.2) is 63.8 Å². The van der Waals surface area contributed by atoms with Crippen molar-refractivity contribution in [1.82, 2.24) is 0 Å². The van der Waals surface area contributed by atoms with Crippen LogP contribution in [-0.2, 0) is 11.2 Å². The van der Waals surface area contributed by atoms with Gasteiger partial charge in [-0.05, 0) is 48.4 Å². The van der Waals surface area contributed by atoms with Gasteiger partial charge in [-0.1, -0.05) is 12.1 Å². The number of amides is 1. The molecule has 3 aromatic rings. The molecule has 0 radical (unpaired) electrons. The van der Waals surface area contributed by atoms with Crippen molar-refractivity contribution in [2.45, 2.75) is 12.8 Å².